The zero-order valence-corrected chi connectivity index (χ0v) is 22.4. The van der Waals surface area contributed by atoms with E-state index in [1.807, 2.05) is 0 Å². The van der Waals surface area contributed by atoms with Crippen molar-refractivity contribution in [1.82, 2.24) is 20.4 Å². The van der Waals surface area contributed by atoms with Gasteiger partial charge >= 0.3 is 6.18 Å². The molecule has 0 aromatic heterocycles. The van der Waals surface area contributed by atoms with Gasteiger partial charge in [0.05, 0.1) is 18.8 Å². The predicted octanol–water partition coefficient (Wildman–Crippen LogP) is 4.56. The van der Waals surface area contributed by atoms with E-state index < -0.39 is 23.2 Å². The summed E-state index contributed by atoms with van der Waals surface area (Å²) >= 11 is 0. The minimum absolute atomic E-state index is 0.0123. The summed E-state index contributed by atoms with van der Waals surface area (Å²) in [5, 5.41) is 6.28. The van der Waals surface area contributed by atoms with Crippen LogP contribution in [0, 0.1) is 5.92 Å². The molecule has 38 heavy (non-hydrogen) atoms. The number of halogens is 5. The van der Waals surface area contributed by atoms with Crippen LogP contribution in [-0.2, 0) is 21.6 Å². The number of hydrogen-bond donors (Lipinski definition) is 2. The molecule has 216 valence electrons. The van der Waals surface area contributed by atoms with E-state index in [1.165, 1.54) is 13.0 Å². The molecular weight excluding hydrogens is 507 g/mol. The van der Waals surface area contributed by atoms with Gasteiger partial charge < -0.3 is 20.3 Å². The summed E-state index contributed by atoms with van der Waals surface area (Å²) in [4.78, 5) is 14.8. The largest absolute Gasteiger partial charge is 0.416 e. The van der Waals surface area contributed by atoms with Crippen LogP contribution >= 0.6 is 0 Å². The lowest BCUT2D eigenvalue weighted by molar-refractivity contribution is -0.137. The maximum absolute atomic E-state index is 13.6. The number of morpholine rings is 1. The lowest BCUT2D eigenvalue weighted by atomic mass is 9.96. The Morgan fingerprint density at radius 3 is 2.26 bits per heavy atom. The Kier molecular flexibility index (Phi) is 12.9. The minimum atomic E-state index is -4.72. The van der Waals surface area contributed by atoms with Crippen LogP contribution in [0.4, 0.5) is 22.0 Å². The monoisotopic (exact) mass is 548 g/mol. The molecule has 2 aliphatic heterocycles. The van der Waals surface area contributed by atoms with Gasteiger partial charge in [-0.15, -0.1) is 0 Å². The van der Waals surface area contributed by atoms with Crippen molar-refractivity contribution in [2.24, 2.45) is 5.92 Å². The predicted molar refractivity (Wildman–Crippen MR) is 139 cm³/mol. The number of alkyl halides is 5. The van der Waals surface area contributed by atoms with Crippen LogP contribution in [0.5, 0.6) is 0 Å². The fourth-order valence-electron chi connectivity index (χ4n) is 4.28. The molecule has 1 aromatic carbocycles. The molecule has 0 radical (unpaired) electrons. The first-order valence-electron chi connectivity index (χ1n) is 13.2. The molecular formula is C27H41F5N4O2. The lowest BCUT2D eigenvalue weighted by Gasteiger charge is -2.29. The molecule has 1 aromatic rings. The highest BCUT2D eigenvalue weighted by molar-refractivity contribution is 5.63. The topological polar surface area (TPSA) is 56.8 Å². The van der Waals surface area contributed by atoms with E-state index in [0.29, 0.717) is 32.6 Å². The van der Waals surface area contributed by atoms with Crippen molar-refractivity contribution >= 4 is 12.1 Å². The van der Waals surface area contributed by atoms with Gasteiger partial charge in [0.1, 0.15) is 0 Å². The molecule has 0 atom stereocenters. The Morgan fingerprint density at radius 1 is 1.08 bits per heavy atom. The molecule has 0 saturated carbocycles. The van der Waals surface area contributed by atoms with E-state index in [1.54, 1.807) is 4.90 Å². The Hall–Kier alpha value is -2.24. The van der Waals surface area contributed by atoms with E-state index in [-0.39, 0.29) is 17.2 Å². The molecule has 11 heteroatoms. The fourth-order valence-corrected chi connectivity index (χ4v) is 4.28. The molecule has 2 N–H and O–H groups in total. The molecule has 0 unspecified atom stereocenters. The summed E-state index contributed by atoms with van der Waals surface area (Å²) in [6.07, 6.45) is -1.15. The third-order valence-electron chi connectivity index (χ3n) is 6.70. The molecule has 0 bridgehead atoms. The van der Waals surface area contributed by atoms with E-state index in [2.05, 4.69) is 29.0 Å². The van der Waals surface area contributed by atoms with Crippen LogP contribution in [-0.4, -0.2) is 81.8 Å². The second-order valence-electron chi connectivity index (χ2n) is 9.79. The van der Waals surface area contributed by atoms with Gasteiger partial charge in [-0.1, -0.05) is 13.5 Å². The maximum atomic E-state index is 13.6. The van der Waals surface area contributed by atoms with E-state index in [0.717, 1.165) is 70.8 Å². The van der Waals surface area contributed by atoms with E-state index >= 15 is 0 Å². The number of hydrogen-bond acceptors (Lipinski definition) is 5. The molecule has 2 aliphatic rings. The maximum Gasteiger partial charge on any atom is 0.416 e. The zero-order valence-electron chi connectivity index (χ0n) is 22.4. The molecule has 0 spiro atoms. The Morgan fingerprint density at radius 2 is 1.71 bits per heavy atom. The molecule has 0 aliphatic carbocycles. The minimum Gasteiger partial charge on any atom is -0.385 e. The van der Waals surface area contributed by atoms with Crippen molar-refractivity contribution in [3.05, 3.63) is 41.5 Å². The molecule has 2 fully saturated rings. The van der Waals surface area contributed by atoms with Gasteiger partial charge in [0.25, 0.3) is 5.92 Å². The number of amides is 1. The van der Waals surface area contributed by atoms with Gasteiger partial charge in [-0.2, -0.15) is 13.2 Å². The fraction of sp³-hybridized carbons (Fsp3) is 0.667. The second kappa shape index (κ2) is 15.4. The SMILES string of the molecule is C=C(NCC1CCN(C=O)CC1)c1cc(C(C)(F)F)cc(C(F)(F)F)c1.CCNCCCN1CCOCC1. The summed E-state index contributed by atoms with van der Waals surface area (Å²) in [6, 6.07) is 2.31. The van der Waals surface area contributed by atoms with Gasteiger partial charge in [-0.25, -0.2) is 8.78 Å². The highest BCUT2D eigenvalue weighted by atomic mass is 19.4. The highest BCUT2D eigenvalue weighted by Crippen LogP contribution is 2.36. The number of piperidine rings is 1. The second-order valence-corrected chi connectivity index (χ2v) is 9.79. The van der Waals surface area contributed by atoms with Crippen molar-refractivity contribution in [3.8, 4) is 0 Å². The smallest absolute Gasteiger partial charge is 0.385 e. The van der Waals surface area contributed by atoms with Crippen molar-refractivity contribution in [2.45, 2.75) is 45.2 Å². The highest BCUT2D eigenvalue weighted by Gasteiger charge is 2.34. The number of nitrogens with zero attached hydrogens (tertiary/aromatic N) is 2. The average molecular weight is 549 g/mol. The van der Waals surface area contributed by atoms with Gasteiger partial charge in [-0.3, -0.25) is 9.69 Å². The summed E-state index contributed by atoms with van der Waals surface area (Å²) in [7, 11) is 0. The summed E-state index contributed by atoms with van der Waals surface area (Å²) in [5.41, 5.74) is -1.68. The van der Waals surface area contributed by atoms with E-state index in [9.17, 15) is 26.7 Å². The quantitative estimate of drug-likeness (QED) is 0.241. The van der Waals surface area contributed by atoms with E-state index in [4.69, 9.17) is 4.74 Å². The number of benzene rings is 1. The number of likely N-dealkylation sites (tertiary alicyclic amines) is 1. The van der Waals surface area contributed by atoms with Crippen molar-refractivity contribution in [3.63, 3.8) is 0 Å². The third kappa shape index (κ3) is 11.2. The van der Waals surface area contributed by atoms with Crippen molar-refractivity contribution in [2.75, 3.05) is 65.6 Å². The van der Waals surface area contributed by atoms with Crippen LogP contribution < -0.4 is 10.6 Å². The molecule has 2 saturated heterocycles. The number of carbonyl (C=O) groups excluding carboxylic acids is 1. The van der Waals surface area contributed by atoms with Gasteiger partial charge in [0.2, 0.25) is 6.41 Å². The third-order valence-corrected chi connectivity index (χ3v) is 6.70. The Labute approximate surface area is 222 Å². The van der Waals surface area contributed by atoms with Crippen molar-refractivity contribution in [1.29, 1.82) is 0 Å². The Balaban J connectivity index is 0.000000352. The molecule has 2 heterocycles. The first-order valence-corrected chi connectivity index (χ1v) is 13.2. The van der Waals surface area contributed by atoms with Crippen LogP contribution in [0.25, 0.3) is 5.70 Å². The van der Waals surface area contributed by atoms with Crippen LogP contribution in [0.1, 0.15) is 49.8 Å². The summed E-state index contributed by atoms with van der Waals surface area (Å²) < 4.78 is 71.4. The summed E-state index contributed by atoms with van der Waals surface area (Å²) in [5.74, 6) is -3.15. The van der Waals surface area contributed by atoms with Crippen molar-refractivity contribution < 1.29 is 31.5 Å². The molecule has 6 nitrogen and oxygen atoms in total. The molecule has 1 amide bonds. The van der Waals surface area contributed by atoms with Gasteiger partial charge in [-0.05, 0) is 68.6 Å². The zero-order chi connectivity index (χ0) is 28.2. The number of nitrogens with one attached hydrogen (secondary N) is 2. The van der Waals surface area contributed by atoms with Gasteiger partial charge in [0, 0.05) is 50.9 Å². The van der Waals surface area contributed by atoms with Crippen LogP contribution in [0.2, 0.25) is 0 Å². The first kappa shape index (κ1) is 32.0. The number of rotatable bonds is 11. The normalized spacial score (nSPS) is 17.5. The van der Waals surface area contributed by atoms with Crippen LogP contribution in [0.3, 0.4) is 0 Å². The standard InChI is InChI=1S/C18H21F5N2O.C9H20N2O/c1-12(24-10-13-3-5-25(11-26)6-4-13)14-7-15(17(2,19)20)9-16(8-14)18(21,22)23;1-2-10-4-3-5-11-6-8-12-9-7-11/h7-9,11,13,24H,1,3-6,10H2,2H3;10H,2-9H2,1H3. The molecule has 3 rings (SSSR count). The van der Waals surface area contributed by atoms with Gasteiger partial charge in [0.15, 0.2) is 0 Å². The Bertz CT molecular complexity index is 830. The lowest BCUT2D eigenvalue weighted by Crippen LogP contribution is -2.37. The average Bonchev–Trinajstić information content (AvgIpc) is 2.90. The number of ether oxygens (including phenoxy) is 1. The first-order chi connectivity index (χ1) is 17.9. The summed E-state index contributed by atoms with van der Waals surface area (Å²) in [6.45, 7) is 15.6. The number of carbonyl (C=O) groups is 1. The van der Waals surface area contributed by atoms with Crippen LogP contribution in [0.15, 0.2) is 24.8 Å².